The summed E-state index contributed by atoms with van der Waals surface area (Å²) in [6.45, 7) is 1.54. The van der Waals surface area contributed by atoms with Crippen molar-refractivity contribution in [2.75, 3.05) is 38.7 Å². The van der Waals surface area contributed by atoms with Crippen LogP contribution in [0.5, 0.6) is 0 Å². The molecular formula is C13H19FN2O. The molecule has 0 bridgehead atoms. The summed E-state index contributed by atoms with van der Waals surface area (Å²) in [5, 5.41) is 9.56. The van der Waals surface area contributed by atoms with Gasteiger partial charge < -0.3 is 10.0 Å². The van der Waals surface area contributed by atoms with Crippen LogP contribution in [0.15, 0.2) is 24.3 Å². The molecule has 0 amide bonds. The molecule has 0 aromatic heterocycles. The zero-order valence-electron chi connectivity index (χ0n) is 10.4. The standard InChI is InChI=1S/C13H19FN2O/c1-15(2)13(10-17)7-8-16(9-13)12-6-4-3-5-11(12)14/h3-6,17H,7-10H2,1-2H3. The van der Waals surface area contributed by atoms with Gasteiger partial charge in [-0.1, -0.05) is 12.1 Å². The SMILES string of the molecule is CN(C)C1(CO)CCN(c2ccccc2F)C1. The van der Waals surface area contributed by atoms with E-state index in [1.165, 1.54) is 6.07 Å². The molecule has 1 fully saturated rings. The van der Waals surface area contributed by atoms with Crippen LogP contribution in [-0.2, 0) is 0 Å². The zero-order chi connectivity index (χ0) is 12.5. The van der Waals surface area contributed by atoms with Crippen LogP contribution in [0.25, 0.3) is 0 Å². The molecule has 0 aliphatic carbocycles. The van der Waals surface area contributed by atoms with Gasteiger partial charge in [-0.25, -0.2) is 4.39 Å². The Bertz CT molecular complexity index is 397. The van der Waals surface area contributed by atoms with Crippen LogP contribution in [0.1, 0.15) is 6.42 Å². The molecule has 2 rings (SSSR count). The van der Waals surface area contributed by atoms with E-state index < -0.39 is 0 Å². The van der Waals surface area contributed by atoms with Crippen LogP contribution in [0, 0.1) is 5.82 Å². The lowest BCUT2D eigenvalue weighted by Crippen LogP contribution is -2.49. The predicted molar refractivity (Wildman–Crippen MR) is 66.7 cm³/mol. The third-order valence-corrected chi connectivity index (χ3v) is 3.77. The third-order valence-electron chi connectivity index (χ3n) is 3.77. The molecule has 1 atom stereocenters. The molecule has 94 valence electrons. The highest BCUT2D eigenvalue weighted by atomic mass is 19.1. The maximum Gasteiger partial charge on any atom is 0.146 e. The summed E-state index contributed by atoms with van der Waals surface area (Å²) in [5.41, 5.74) is 0.382. The normalized spacial score (nSPS) is 24.6. The topological polar surface area (TPSA) is 26.7 Å². The first-order valence-corrected chi connectivity index (χ1v) is 5.87. The van der Waals surface area contributed by atoms with Crippen LogP contribution < -0.4 is 4.90 Å². The van der Waals surface area contributed by atoms with E-state index in [9.17, 15) is 9.50 Å². The zero-order valence-corrected chi connectivity index (χ0v) is 10.4. The Morgan fingerprint density at radius 2 is 2.12 bits per heavy atom. The molecule has 0 radical (unpaired) electrons. The minimum atomic E-state index is -0.248. The maximum absolute atomic E-state index is 13.7. The van der Waals surface area contributed by atoms with Gasteiger partial charge in [-0.2, -0.15) is 0 Å². The van der Waals surface area contributed by atoms with Gasteiger partial charge in [-0.05, 0) is 32.6 Å². The van der Waals surface area contributed by atoms with Crippen LogP contribution in [0.3, 0.4) is 0 Å². The molecule has 0 spiro atoms. The number of rotatable bonds is 3. The van der Waals surface area contributed by atoms with E-state index in [2.05, 4.69) is 0 Å². The van der Waals surface area contributed by atoms with Crippen LogP contribution >= 0.6 is 0 Å². The Morgan fingerprint density at radius 1 is 1.41 bits per heavy atom. The monoisotopic (exact) mass is 238 g/mol. The van der Waals surface area contributed by atoms with Gasteiger partial charge in [-0.15, -0.1) is 0 Å². The Morgan fingerprint density at radius 3 is 2.65 bits per heavy atom. The highest BCUT2D eigenvalue weighted by molar-refractivity contribution is 5.49. The van der Waals surface area contributed by atoms with Crippen molar-refractivity contribution < 1.29 is 9.50 Å². The van der Waals surface area contributed by atoms with Gasteiger partial charge in [-0.3, -0.25) is 4.90 Å². The summed E-state index contributed by atoms with van der Waals surface area (Å²) in [5.74, 6) is -0.194. The molecule has 1 aliphatic rings. The number of para-hydroxylation sites is 1. The lowest BCUT2D eigenvalue weighted by atomic mass is 9.99. The minimum Gasteiger partial charge on any atom is -0.394 e. The van der Waals surface area contributed by atoms with E-state index in [0.717, 1.165) is 13.0 Å². The predicted octanol–water partition coefficient (Wildman–Crippen LogP) is 1.33. The van der Waals surface area contributed by atoms with Crippen LogP contribution in [-0.4, -0.2) is 49.3 Å². The lowest BCUT2D eigenvalue weighted by Gasteiger charge is -2.34. The molecule has 3 nitrogen and oxygen atoms in total. The van der Waals surface area contributed by atoms with Gasteiger partial charge in [0.05, 0.1) is 17.8 Å². The average Bonchev–Trinajstić information content (AvgIpc) is 2.75. The smallest absolute Gasteiger partial charge is 0.146 e. The summed E-state index contributed by atoms with van der Waals surface area (Å²) in [4.78, 5) is 4.04. The van der Waals surface area contributed by atoms with E-state index in [4.69, 9.17) is 0 Å². The van der Waals surface area contributed by atoms with Crippen molar-refractivity contribution >= 4 is 5.69 Å². The Labute approximate surface area is 101 Å². The van der Waals surface area contributed by atoms with Gasteiger partial charge in [0.1, 0.15) is 5.82 Å². The van der Waals surface area contributed by atoms with Gasteiger partial charge in [0.15, 0.2) is 0 Å². The maximum atomic E-state index is 13.7. The number of aliphatic hydroxyl groups is 1. The van der Waals surface area contributed by atoms with E-state index in [1.54, 1.807) is 12.1 Å². The number of anilines is 1. The van der Waals surface area contributed by atoms with E-state index in [0.29, 0.717) is 12.2 Å². The van der Waals surface area contributed by atoms with Crippen molar-refractivity contribution in [2.24, 2.45) is 0 Å². The first-order chi connectivity index (χ1) is 8.09. The molecule has 0 saturated carbocycles. The van der Waals surface area contributed by atoms with Crippen molar-refractivity contribution in [3.8, 4) is 0 Å². The van der Waals surface area contributed by atoms with Gasteiger partial charge in [0.25, 0.3) is 0 Å². The second-order valence-corrected chi connectivity index (χ2v) is 4.90. The fourth-order valence-corrected chi connectivity index (χ4v) is 2.41. The largest absolute Gasteiger partial charge is 0.394 e. The Hall–Kier alpha value is -1.13. The summed E-state index contributed by atoms with van der Waals surface area (Å²) >= 11 is 0. The van der Waals surface area contributed by atoms with Crippen molar-refractivity contribution in [3.05, 3.63) is 30.1 Å². The Balaban J connectivity index is 2.20. The number of likely N-dealkylation sites (N-methyl/N-ethyl adjacent to an activating group) is 1. The molecule has 1 unspecified atom stereocenters. The van der Waals surface area contributed by atoms with E-state index >= 15 is 0 Å². The first-order valence-electron chi connectivity index (χ1n) is 5.87. The van der Waals surface area contributed by atoms with Gasteiger partial charge in [0, 0.05) is 13.1 Å². The first kappa shape index (κ1) is 12.3. The van der Waals surface area contributed by atoms with Crippen molar-refractivity contribution in [3.63, 3.8) is 0 Å². The molecule has 1 aromatic carbocycles. The average molecular weight is 238 g/mol. The summed E-state index contributed by atoms with van der Waals surface area (Å²) < 4.78 is 13.7. The van der Waals surface area contributed by atoms with Crippen molar-refractivity contribution in [1.82, 2.24) is 4.90 Å². The van der Waals surface area contributed by atoms with E-state index in [1.807, 2.05) is 30.0 Å². The van der Waals surface area contributed by atoms with Crippen molar-refractivity contribution in [1.29, 1.82) is 0 Å². The number of nitrogens with zero attached hydrogens (tertiary/aromatic N) is 2. The number of aliphatic hydroxyl groups excluding tert-OH is 1. The van der Waals surface area contributed by atoms with Crippen LogP contribution in [0.4, 0.5) is 10.1 Å². The number of hydrogen-bond acceptors (Lipinski definition) is 3. The molecule has 1 aliphatic heterocycles. The van der Waals surface area contributed by atoms with Gasteiger partial charge in [0.2, 0.25) is 0 Å². The second kappa shape index (κ2) is 4.63. The molecular weight excluding hydrogens is 219 g/mol. The molecule has 4 heteroatoms. The number of benzene rings is 1. The summed E-state index contributed by atoms with van der Waals surface area (Å²) in [7, 11) is 3.92. The molecule has 1 heterocycles. The fraction of sp³-hybridized carbons (Fsp3) is 0.538. The summed E-state index contributed by atoms with van der Waals surface area (Å²) in [6.07, 6.45) is 0.852. The second-order valence-electron chi connectivity index (χ2n) is 4.90. The molecule has 1 saturated heterocycles. The number of halogens is 1. The Kier molecular flexibility index (Phi) is 3.35. The van der Waals surface area contributed by atoms with Crippen molar-refractivity contribution in [2.45, 2.75) is 12.0 Å². The third kappa shape index (κ3) is 2.15. The quantitative estimate of drug-likeness (QED) is 0.860. The highest BCUT2D eigenvalue weighted by Gasteiger charge is 2.40. The highest BCUT2D eigenvalue weighted by Crippen LogP contribution is 2.31. The fourth-order valence-electron chi connectivity index (χ4n) is 2.41. The minimum absolute atomic E-state index is 0.102. The van der Waals surface area contributed by atoms with Crippen LogP contribution in [0.2, 0.25) is 0 Å². The molecule has 1 aromatic rings. The summed E-state index contributed by atoms with van der Waals surface area (Å²) in [6, 6.07) is 6.80. The molecule has 17 heavy (non-hydrogen) atoms. The lowest BCUT2D eigenvalue weighted by molar-refractivity contribution is 0.0866. The molecule has 1 N–H and O–H groups in total. The van der Waals surface area contributed by atoms with E-state index in [-0.39, 0.29) is 18.0 Å². The number of hydrogen-bond donors (Lipinski definition) is 1. The van der Waals surface area contributed by atoms with Gasteiger partial charge >= 0.3 is 0 Å².